The zero-order chi connectivity index (χ0) is 14.5. The molecule has 1 aromatic rings. The number of phenols is 1. The Morgan fingerprint density at radius 2 is 2.00 bits per heavy atom. The average molecular weight is 297 g/mol. The van der Waals surface area contributed by atoms with Gasteiger partial charge in [-0.1, -0.05) is 31.5 Å². The van der Waals surface area contributed by atoms with Gasteiger partial charge < -0.3 is 10.4 Å². The van der Waals surface area contributed by atoms with Crippen molar-refractivity contribution in [3.05, 3.63) is 28.8 Å². The molecule has 2 N–H and O–H groups in total. The number of aromatic hydroxyl groups is 1. The van der Waals surface area contributed by atoms with E-state index in [0.29, 0.717) is 17.0 Å². The normalized spacial score (nSPS) is 17.8. The molecule has 1 atom stereocenters. The van der Waals surface area contributed by atoms with Crippen LogP contribution in [0.5, 0.6) is 5.75 Å². The number of hydrogen-bond donors (Lipinski definition) is 2. The number of benzene rings is 1. The molecule has 1 aliphatic heterocycles. The van der Waals surface area contributed by atoms with Crippen LogP contribution in [0.2, 0.25) is 5.02 Å². The molecule has 0 bridgehead atoms. The molecule has 3 nitrogen and oxygen atoms in total. The molecule has 20 heavy (non-hydrogen) atoms. The van der Waals surface area contributed by atoms with Gasteiger partial charge in [0, 0.05) is 19.1 Å². The Hall–Kier alpha value is -0.770. The number of hydrogen-bond acceptors (Lipinski definition) is 3. The van der Waals surface area contributed by atoms with E-state index in [0.717, 1.165) is 18.7 Å². The summed E-state index contributed by atoms with van der Waals surface area (Å²) in [5.74, 6) is 0.802. The first kappa shape index (κ1) is 15.6. The largest absolute Gasteiger partial charge is 0.506 e. The molecule has 0 aliphatic carbocycles. The van der Waals surface area contributed by atoms with Crippen molar-refractivity contribution in [2.24, 2.45) is 5.92 Å². The Bertz CT molecular complexity index is 430. The first-order chi connectivity index (χ1) is 9.58. The first-order valence-electron chi connectivity index (χ1n) is 7.50. The van der Waals surface area contributed by atoms with E-state index in [2.05, 4.69) is 24.1 Å². The van der Waals surface area contributed by atoms with Crippen molar-refractivity contribution in [3.8, 4) is 5.75 Å². The highest BCUT2D eigenvalue weighted by atomic mass is 35.5. The van der Waals surface area contributed by atoms with Gasteiger partial charge in [0.15, 0.2) is 0 Å². The molecule has 0 saturated carbocycles. The smallest absolute Gasteiger partial charge is 0.134 e. The van der Waals surface area contributed by atoms with E-state index >= 15 is 0 Å². The molecule has 0 radical (unpaired) electrons. The lowest BCUT2D eigenvalue weighted by molar-refractivity contribution is 0.186. The second-order valence-corrected chi connectivity index (χ2v) is 6.38. The van der Waals surface area contributed by atoms with E-state index < -0.39 is 0 Å². The Morgan fingerprint density at radius 3 is 2.60 bits per heavy atom. The van der Waals surface area contributed by atoms with Crippen molar-refractivity contribution in [1.29, 1.82) is 0 Å². The third kappa shape index (κ3) is 4.11. The van der Waals surface area contributed by atoms with E-state index in [1.54, 1.807) is 6.07 Å². The van der Waals surface area contributed by atoms with Crippen LogP contribution in [0.4, 0.5) is 0 Å². The molecule has 0 spiro atoms. The van der Waals surface area contributed by atoms with Crippen LogP contribution in [0.3, 0.4) is 0 Å². The number of nitrogens with one attached hydrogen (secondary N) is 1. The van der Waals surface area contributed by atoms with Crippen molar-refractivity contribution in [1.82, 2.24) is 10.2 Å². The highest BCUT2D eigenvalue weighted by Crippen LogP contribution is 2.23. The summed E-state index contributed by atoms with van der Waals surface area (Å²) < 4.78 is 0. The molecule has 1 heterocycles. The summed E-state index contributed by atoms with van der Waals surface area (Å²) in [5, 5.41) is 13.4. The lowest BCUT2D eigenvalue weighted by Crippen LogP contribution is -2.44. The maximum Gasteiger partial charge on any atom is 0.134 e. The van der Waals surface area contributed by atoms with Crippen molar-refractivity contribution in [3.63, 3.8) is 0 Å². The minimum absolute atomic E-state index is 0.146. The van der Waals surface area contributed by atoms with Gasteiger partial charge in [-0.15, -0.1) is 0 Å². The van der Waals surface area contributed by atoms with E-state index in [1.165, 1.54) is 25.9 Å². The second-order valence-electron chi connectivity index (χ2n) is 5.97. The van der Waals surface area contributed by atoms with Crippen LogP contribution in [0.1, 0.15) is 32.3 Å². The highest BCUT2D eigenvalue weighted by Gasteiger charge is 2.23. The third-order valence-electron chi connectivity index (χ3n) is 4.07. The van der Waals surface area contributed by atoms with Crippen LogP contribution in [-0.2, 0) is 6.54 Å². The van der Waals surface area contributed by atoms with Crippen LogP contribution in [0.15, 0.2) is 18.2 Å². The SMILES string of the molecule is CC(C)C(CNCc1ccc(O)c(Cl)c1)N1CCCC1. The fraction of sp³-hybridized carbons (Fsp3) is 0.625. The molecule has 4 heteroatoms. The number of likely N-dealkylation sites (tertiary alicyclic amines) is 1. The summed E-state index contributed by atoms with van der Waals surface area (Å²) in [5.41, 5.74) is 1.11. The van der Waals surface area contributed by atoms with Gasteiger partial charge in [-0.3, -0.25) is 4.90 Å². The Labute approximate surface area is 126 Å². The monoisotopic (exact) mass is 296 g/mol. The Morgan fingerprint density at radius 1 is 1.30 bits per heavy atom. The van der Waals surface area contributed by atoms with E-state index in [-0.39, 0.29) is 5.75 Å². The zero-order valence-corrected chi connectivity index (χ0v) is 13.2. The average Bonchev–Trinajstić information content (AvgIpc) is 2.92. The maximum absolute atomic E-state index is 9.41. The fourth-order valence-corrected chi connectivity index (χ4v) is 3.09. The summed E-state index contributed by atoms with van der Waals surface area (Å²) in [4.78, 5) is 2.60. The van der Waals surface area contributed by atoms with Gasteiger partial charge in [0.2, 0.25) is 0 Å². The van der Waals surface area contributed by atoms with Gasteiger partial charge in [0.1, 0.15) is 5.75 Å². The molecule has 0 aromatic heterocycles. The topological polar surface area (TPSA) is 35.5 Å². The summed E-state index contributed by atoms with van der Waals surface area (Å²) in [6, 6.07) is 5.99. The van der Waals surface area contributed by atoms with Crippen molar-refractivity contribution < 1.29 is 5.11 Å². The van der Waals surface area contributed by atoms with Gasteiger partial charge in [0.25, 0.3) is 0 Å². The van der Waals surface area contributed by atoms with E-state index in [1.807, 2.05) is 12.1 Å². The van der Waals surface area contributed by atoms with Gasteiger partial charge in [-0.25, -0.2) is 0 Å². The Balaban J connectivity index is 1.84. The van der Waals surface area contributed by atoms with Gasteiger partial charge in [-0.2, -0.15) is 0 Å². The molecule has 1 saturated heterocycles. The lowest BCUT2D eigenvalue weighted by Gasteiger charge is -2.31. The van der Waals surface area contributed by atoms with E-state index in [9.17, 15) is 5.11 Å². The molecule has 1 unspecified atom stereocenters. The fourth-order valence-electron chi connectivity index (χ4n) is 2.88. The van der Waals surface area contributed by atoms with Crippen LogP contribution >= 0.6 is 11.6 Å². The Kier molecular flexibility index (Phi) is 5.70. The predicted molar refractivity (Wildman–Crippen MR) is 84.3 cm³/mol. The van der Waals surface area contributed by atoms with Crippen molar-refractivity contribution >= 4 is 11.6 Å². The number of halogens is 1. The number of nitrogens with zero attached hydrogens (tertiary/aromatic N) is 1. The second kappa shape index (κ2) is 7.30. The minimum atomic E-state index is 0.146. The summed E-state index contributed by atoms with van der Waals surface area (Å²) >= 11 is 5.92. The molecule has 0 amide bonds. The quantitative estimate of drug-likeness (QED) is 0.846. The van der Waals surface area contributed by atoms with E-state index in [4.69, 9.17) is 11.6 Å². The zero-order valence-electron chi connectivity index (χ0n) is 12.4. The van der Waals surface area contributed by atoms with Crippen LogP contribution in [-0.4, -0.2) is 35.7 Å². The molecule has 2 rings (SSSR count). The summed E-state index contributed by atoms with van der Waals surface area (Å²) in [6.45, 7) is 8.84. The summed E-state index contributed by atoms with van der Waals surface area (Å²) in [7, 11) is 0. The number of rotatable bonds is 6. The number of phenolic OH excluding ortho intramolecular Hbond substituents is 1. The molecule has 112 valence electrons. The molecule has 1 fully saturated rings. The molecule has 1 aliphatic rings. The minimum Gasteiger partial charge on any atom is -0.506 e. The maximum atomic E-state index is 9.41. The van der Waals surface area contributed by atoms with Crippen LogP contribution in [0, 0.1) is 5.92 Å². The predicted octanol–water partition coefficient (Wildman–Crippen LogP) is 3.26. The van der Waals surface area contributed by atoms with Crippen LogP contribution in [0.25, 0.3) is 0 Å². The van der Waals surface area contributed by atoms with Crippen molar-refractivity contribution in [2.75, 3.05) is 19.6 Å². The summed E-state index contributed by atoms with van der Waals surface area (Å²) in [6.07, 6.45) is 2.66. The van der Waals surface area contributed by atoms with Crippen LogP contribution < -0.4 is 5.32 Å². The molecule has 1 aromatic carbocycles. The van der Waals surface area contributed by atoms with Gasteiger partial charge in [-0.05, 0) is 49.5 Å². The standard InChI is InChI=1S/C16H25ClN2O/c1-12(2)15(19-7-3-4-8-19)11-18-10-13-5-6-16(20)14(17)9-13/h5-6,9,12,15,18,20H,3-4,7-8,10-11H2,1-2H3. The van der Waals surface area contributed by atoms with Gasteiger partial charge in [0.05, 0.1) is 5.02 Å². The van der Waals surface area contributed by atoms with Gasteiger partial charge >= 0.3 is 0 Å². The highest BCUT2D eigenvalue weighted by molar-refractivity contribution is 6.32. The third-order valence-corrected chi connectivity index (χ3v) is 4.38. The van der Waals surface area contributed by atoms with Crippen molar-refractivity contribution in [2.45, 2.75) is 39.3 Å². The lowest BCUT2D eigenvalue weighted by atomic mass is 10.0. The first-order valence-corrected chi connectivity index (χ1v) is 7.88. The molecular weight excluding hydrogens is 272 g/mol. The molecular formula is C16H25ClN2O.